The van der Waals surface area contributed by atoms with Crippen LogP contribution in [0.4, 0.5) is 0 Å². The number of halogens is 1. The molecule has 1 aromatic carbocycles. The molecule has 0 saturated heterocycles. The van der Waals surface area contributed by atoms with Crippen LogP contribution in [0.2, 0.25) is 5.02 Å². The predicted octanol–water partition coefficient (Wildman–Crippen LogP) is 2.62. The molecule has 0 radical (unpaired) electrons. The number of benzene rings is 1. The smallest absolute Gasteiger partial charge is 0.330 e. The van der Waals surface area contributed by atoms with Crippen LogP contribution in [-0.2, 0) is 19.6 Å². The van der Waals surface area contributed by atoms with Crippen LogP contribution in [0.3, 0.4) is 0 Å². The molecule has 10 heteroatoms. The van der Waals surface area contributed by atoms with Gasteiger partial charge in [-0.2, -0.15) is 0 Å². The molecule has 0 bridgehead atoms. The Morgan fingerprint density at radius 2 is 1.94 bits per heavy atom. The minimum absolute atomic E-state index is 0.0939. The van der Waals surface area contributed by atoms with Crippen molar-refractivity contribution < 1.29 is 14.3 Å². The van der Waals surface area contributed by atoms with Gasteiger partial charge >= 0.3 is 5.69 Å². The van der Waals surface area contributed by atoms with Gasteiger partial charge in [-0.3, -0.25) is 19.0 Å². The average Bonchev–Trinajstić information content (AvgIpc) is 2.89. The molecule has 36 heavy (non-hydrogen) atoms. The van der Waals surface area contributed by atoms with Crippen molar-refractivity contribution in [3.8, 4) is 5.88 Å². The molecule has 1 aliphatic rings. The van der Waals surface area contributed by atoms with Crippen LogP contribution in [0.1, 0.15) is 38.4 Å². The zero-order chi connectivity index (χ0) is 26.0. The van der Waals surface area contributed by atoms with Crippen molar-refractivity contribution in [1.29, 1.82) is 0 Å². The predicted molar refractivity (Wildman–Crippen MR) is 135 cm³/mol. The Bertz CT molecular complexity index is 1550. The molecule has 1 N–H and O–H groups in total. The number of nitrogens with zero attached hydrogens (tertiary/aromatic N) is 3. The summed E-state index contributed by atoms with van der Waals surface area (Å²) in [7, 11) is 4.16. The Hall–Kier alpha value is -4.24. The summed E-state index contributed by atoms with van der Waals surface area (Å²) in [6.45, 7) is 0. The highest BCUT2D eigenvalue weighted by Gasteiger charge is 2.37. The van der Waals surface area contributed by atoms with Gasteiger partial charge in [-0.15, -0.1) is 0 Å². The van der Waals surface area contributed by atoms with Gasteiger partial charge in [-0.25, -0.2) is 9.78 Å². The number of hydrogen-bond acceptors (Lipinski definition) is 6. The molecule has 1 amide bonds. The molecule has 1 aliphatic carbocycles. The van der Waals surface area contributed by atoms with Gasteiger partial charge in [0.1, 0.15) is 11.1 Å². The molecule has 3 aromatic rings. The maximum atomic E-state index is 13.5. The average molecular weight is 507 g/mol. The van der Waals surface area contributed by atoms with E-state index >= 15 is 0 Å². The topological polar surface area (TPSA) is 112 Å². The Labute approximate surface area is 211 Å². The molecule has 1 unspecified atom stereocenters. The van der Waals surface area contributed by atoms with Crippen molar-refractivity contribution in [3.63, 3.8) is 0 Å². The second-order valence-corrected chi connectivity index (χ2v) is 8.75. The Morgan fingerprint density at radius 3 is 2.64 bits per heavy atom. The zero-order valence-electron chi connectivity index (χ0n) is 19.8. The van der Waals surface area contributed by atoms with Crippen molar-refractivity contribution in [2.45, 2.75) is 12.0 Å². The molecule has 1 atom stereocenters. The summed E-state index contributed by atoms with van der Waals surface area (Å²) in [5, 5.41) is 3.48. The first-order valence-corrected chi connectivity index (χ1v) is 11.3. The standard InChI is InChI=1S/C26H23ClN4O5/c1-30-14-19(24(34)31(2)25(30)35)22(33)29-26(21-11-10-17(15-32)23(28-21)36-3)12-6-7-16(13-26)18-8-4-5-9-20(18)27/h4-12,14-15H,13H2,1-3H3,(H,29,33). The number of carbonyl (C=O) groups excluding carboxylic acids is 2. The minimum Gasteiger partial charge on any atom is -0.480 e. The van der Waals surface area contributed by atoms with Gasteiger partial charge in [0.2, 0.25) is 5.88 Å². The summed E-state index contributed by atoms with van der Waals surface area (Å²) >= 11 is 6.45. The van der Waals surface area contributed by atoms with Crippen molar-refractivity contribution >= 4 is 29.4 Å². The van der Waals surface area contributed by atoms with Crippen LogP contribution >= 0.6 is 11.6 Å². The van der Waals surface area contributed by atoms with E-state index in [9.17, 15) is 19.2 Å². The molecule has 2 aromatic heterocycles. The summed E-state index contributed by atoms with van der Waals surface area (Å²) in [4.78, 5) is 54.3. The fourth-order valence-electron chi connectivity index (χ4n) is 4.17. The van der Waals surface area contributed by atoms with Crippen molar-refractivity contribution in [2.24, 2.45) is 14.1 Å². The number of carbonyl (C=O) groups is 2. The molecular formula is C26H23ClN4O5. The van der Waals surface area contributed by atoms with Crippen LogP contribution < -0.4 is 21.3 Å². The number of aldehydes is 1. The molecule has 0 saturated carbocycles. The van der Waals surface area contributed by atoms with E-state index in [1.54, 1.807) is 30.4 Å². The lowest BCUT2D eigenvalue weighted by Gasteiger charge is -2.35. The van der Waals surface area contributed by atoms with Crippen LogP contribution in [0.15, 0.2) is 70.4 Å². The molecule has 4 rings (SSSR count). The second-order valence-electron chi connectivity index (χ2n) is 8.35. The number of hydrogen-bond donors (Lipinski definition) is 1. The van der Waals surface area contributed by atoms with Gasteiger partial charge in [-0.05, 0) is 29.3 Å². The van der Waals surface area contributed by atoms with Gasteiger partial charge in [0.15, 0.2) is 6.29 Å². The summed E-state index contributed by atoms with van der Waals surface area (Å²) < 4.78 is 7.32. The molecule has 0 spiro atoms. The van der Waals surface area contributed by atoms with E-state index in [-0.39, 0.29) is 23.4 Å². The third kappa shape index (κ3) is 4.40. The van der Waals surface area contributed by atoms with E-state index in [1.165, 1.54) is 27.4 Å². The number of nitrogens with one attached hydrogen (secondary N) is 1. The number of amides is 1. The lowest BCUT2D eigenvalue weighted by Crippen LogP contribution is -2.49. The second kappa shape index (κ2) is 9.79. The maximum absolute atomic E-state index is 13.5. The molecule has 184 valence electrons. The van der Waals surface area contributed by atoms with E-state index in [4.69, 9.17) is 16.3 Å². The van der Waals surface area contributed by atoms with Crippen molar-refractivity contribution in [1.82, 2.24) is 19.4 Å². The van der Waals surface area contributed by atoms with Crippen LogP contribution in [0.5, 0.6) is 5.88 Å². The van der Waals surface area contributed by atoms with E-state index in [2.05, 4.69) is 10.3 Å². The normalized spacial score (nSPS) is 16.8. The largest absolute Gasteiger partial charge is 0.480 e. The molecule has 2 heterocycles. The number of ether oxygens (including phenoxy) is 1. The van der Waals surface area contributed by atoms with Crippen molar-refractivity contribution in [3.05, 3.63) is 109 Å². The molecule has 0 aliphatic heterocycles. The van der Waals surface area contributed by atoms with E-state index in [0.717, 1.165) is 20.3 Å². The number of allylic oxidation sites excluding steroid dienone is 2. The fourth-order valence-corrected chi connectivity index (χ4v) is 4.42. The van der Waals surface area contributed by atoms with Gasteiger partial charge < -0.3 is 14.6 Å². The highest BCUT2D eigenvalue weighted by Crippen LogP contribution is 2.39. The number of rotatable bonds is 6. The highest BCUT2D eigenvalue weighted by atomic mass is 35.5. The molecule has 9 nitrogen and oxygen atoms in total. The maximum Gasteiger partial charge on any atom is 0.330 e. The monoisotopic (exact) mass is 506 g/mol. The number of pyridine rings is 1. The van der Waals surface area contributed by atoms with Gasteiger partial charge in [0.25, 0.3) is 11.5 Å². The number of methoxy groups -OCH3 is 1. The summed E-state index contributed by atoms with van der Waals surface area (Å²) in [6, 6.07) is 10.5. The summed E-state index contributed by atoms with van der Waals surface area (Å²) in [5.41, 5.74) is -0.497. The number of aryl methyl sites for hydroxylation is 1. The first-order chi connectivity index (χ1) is 17.2. The fraction of sp³-hybridized carbons (Fsp3) is 0.192. The first kappa shape index (κ1) is 24.9. The van der Waals surface area contributed by atoms with Gasteiger partial charge in [0.05, 0.1) is 18.4 Å². The Morgan fingerprint density at radius 1 is 1.19 bits per heavy atom. The Kier molecular flexibility index (Phi) is 6.76. The Balaban J connectivity index is 1.85. The van der Waals surface area contributed by atoms with Gasteiger partial charge in [0, 0.05) is 31.7 Å². The third-order valence-electron chi connectivity index (χ3n) is 6.06. The van der Waals surface area contributed by atoms with Crippen molar-refractivity contribution in [2.75, 3.05) is 7.11 Å². The summed E-state index contributed by atoms with van der Waals surface area (Å²) in [5.74, 6) is -0.604. The highest BCUT2D eigenvalue weighted by molar-refractivity contribution is 6.32. The SMILES string of the molecule is COc1nc(C2(NC(=O)c3cn(C)c(=O)n(C)c3=O)C=CC=C(c3ccccc3Cl)C2)ccc1C=O. The molecule has 0 fully saturated rings. The number of aromatic nitrogens is 3. The van der Waals surface area contributed by atoms with Gasteiger partial charge in [-0.1, -0.05) is 48.0 Å². The zero-order valence-corrected chi connectivity index (χ0v) is 20.6. The molecular weight excluding hydrogens is 484 g/mol. The van der Waals surface area contributed by atoms with Crippen LogP contribution in [0.25, 0.3) is 5.57 Å². The summed E-state index contributed by atoms with van der Waals surface area (Å²) in [6.07, 6.45) is 7.47. The van der Waals surface area contributed by atoms with E-state index in [1.807, 2.05) is 24.3 Å². The van der Waals surface area contributed by atoms with E-state index < -0.39 is 22.7 Å². The van der Waals surface area contributed by atoms with Crippen LogP contribution in [0, 0.1) is 0 Å². The third-order valence-corrected chi connectivity index (χ3v) is 6.39. The first-order valence-electron chi connectivity index (χ1n) is 10.9. The van der Waals surface area contributed by atoms with E-state index in [0.29, 0.717) is 17.0 Å². The quantitative estimate of drug-likeness (QED) is 0.514. The lowest BCUT2D eigenvalue weighted by atomic mass is 9.80. The van der Waals surface area contributed by atoms with Crippen LogP contribution in [-0.4, -0.2) is 33.4 Å². The lowest BCUT2D eigenvalue weighted by molar-refractivity contribution is 0.0911. The minimum atomic E-state index is -1.23.